The molecule has 2 aromatic rings. The Labute approximate surface area is 120 Å². The monoisotopic (exact) mass is 313 g/mol. The van der Waals surface area contributed by atoms with Gasteiger partial charge in [0.05, 0.1) is 17.4 Å². The molecule has 2 heterocycles. The third-order valence-corrected chi connectivity index (χ3v) is 5.42. The normalized spacial score (nSPS) is 20.0. The average Bonchev–Trinajstić information content (AvgIpc) is 2.93. The number of aryl methyl sites for hydroxylation is 1. The highest BCUT2D eigenvalue weighted by Crippen LogP contribution is 2.31. The molecule has 1 aromatic carbocycles. The SMILES string of the molecule is Cn1ncc2c(N3CC(S(=O)(=O)Cl)CC3=O)cccc21. The summed E-state index contributed by atoms with van der Waals surface area (Å²) in [5.74, 6) is -0.240. The van der Waals surface area contributed by atoms with Crippen molar-refractivity contribution in [2.75, 3.05) is 11.4 Å². The summed E-state index contributed by atoms with van der Waals surface area (Å²) in [5, 5.41) is 4.11. The van der Waals surface area contributed by atoms with E-state index in [9.17, 15) is 13.2 Å². The van der Waals surface area contributed by atoms with Crippen molar-refractivity contribution in [2.24, 2.45) is 7.05 Å². The van der Waals surface area contributed by atoms with Crippen LogP contribution in [0.3, 0.4) is 0 Å². The largest absolute Gasteiger partial charge is 0.310 e. The summed E-state index contributed by atoms with van der Waals surface area (Å²) in [6, 6.07) is 5.49. The molecule has 3 rings (SSSR count). The maximum absolute atomic E-state index is 12.1. The summed E-state index contributed by atoms with van der Waals surface area (Å²) < 4.78 is 24.5. The topological polar surface area (TPSA) is 72.3 Å². The van der Waals surface area contributed by atoms with Crippen molar-refractivity contribution in [2.45, 2.75) is 11.7 Å². The number of benzene rings is 1. The van der Waals surface area contributed by atoms with Gasteiger partial charge < -0.3 is 4.90 Å². The van der Waals surface area contributed by atoms with Gasteiger partial charge in [-0.05, 0) is 12.1 Å². The Morgan fingerprint density at radius 1 is 1.40 bits per heavy atom. The molecule has 6 nitrogen and oxygen atoms in total. The summed E-state index contributed by atoms with van der Waals surface area (Å²) >= 11 is 0. The zero-order valence-electron chi connectivity index (χ0n) is 10.7. The van der Waals surface area contributed by atoms with Crippen LogP contribution in [0.2, 0.25) is 0 Å². The third kappa shape index (κ3) is 2.06. The maximum atomic E-state index is 12.1. The van der Waals surface area contributed by atoms with Crippen molar-refractivity contribution in [1.82, 2.24) is 9.78 Å². The Bertz CT molecular complexity index is 799. The molecule has 0 N–H and O–H groups in total. The average molecular weight is 314 g/mol. The van der Waals surface area contributed by atoms with Crippen molar-refractivity contribution in [3.05, 3.63) is 24.4 Å². The molecule has 0 radical (unpaired) electrons. The molecule has 8 heteroatoms. The highest BCUT2D eigenvalue weighted by Gasteiger charge is 2.38. The highest BCUT2D eigenvalue weighted by atomic mass is 35.7. The van der Waals surface area contributed by atoms with Crippen LogP contribution in [0.4, 0.5) is 5.69 Å². The fourth-order valence-electron chi connectivity index (χ4n) is 2.49. The molecule has 0 aliphatic carbocycles. The Balaban J connectivity index is 2.06. The fourth-order valence-corrected chi connectivity index (χ4v) is 3.52. The Hall–Kier alpha value is -1.60. The van der Waals surface area contributed by atoms with Gasteiger partial charge in [0.15, 0.2) is 0 Å². The molecule has 1 unspecified atom stereocenters. The summed E-state index contributed by atoms with van der Waals surface area (Å²) in [7, 11) is 3.43. The lowest BCUT2D eigenvalue weighted by Gasteiger charge is -2.17. The highest BCUT2D eigenvalue weighted by molar-refractivity contribution is 8.14. The molecule has 1 atom stereocenters. The number of rotatable bonds is 2. The summed E-state index contributed by atoms with van der Waals surface area (Å²) in [4.78, 5) is 13.5. The summed E-state index contributed by atoms with van der Waals surface area (Å²) in [6.07, 6.45) is 1.59. The molecule has 1 fully saturated rings. The first-order valence-electron chi connectivity index (χ1n) is 6.02. The number of hydrogen-bond donors (Lipinski definition) is 0. The maximum Gasteiger partial charge on any atom is 0.237 e. The van der Waals surface area contributed by atoms with E-state index >= 15 is 0 Å². The standard InChI is InChI=1S/C12H12ClN3O3S/c1-15-10-3-2-4-11(9(10)6-14-15)16-7-8(5-12(16)17)20(13,18)19/h2-4,6,8H,5,7H2,1H3. The number of carbonyl (C=O) groups is 1. The van der Waals surface area contributed by atoms with Gasteiger partial charge in [0.1, 0.15) is 5.25 Å². The van der Waals surface area contributed by atoms with Gasteiger partial charge in [-0.15, -0.1) is 0 Å². The second kappa shape index (κ2) is 4.46. The minimum Gasteiger partial charge on any atom is -0.310 e. The fraction of sp³-hybridized carbons (Fsp3) is 0.333. The first-order valence-corrected chi connectivity index (χ1v) is 8.40. The van der Waals surface area contributed by atoms with Crippen molar-refractivity contribution in [3.63, 3.8) is 0 Å². The second-order valence-corrected chi connectivity index (χ2v) is 7.69. The smallest absolute Gasteiger partial charge is 0.237 e. The lowest BCUT2D eigenvalue weighted by atomic mass is 10.2. The van der Waals surface area contributed by atoms with Crippen LogP contribution < -0.4 is 4.90 Å². The summed E-state index contributed by atoms with van der Waals surface area (Å²) in [6.45, 7) is 0.0820. The lowest BCUT2D eigenvalue weighted by Crippen LogP contribution is -2.26. The number of carbonyl (C=O) groups excluding carboxylic acids is 1. The van der Waals surface area contributed by atoms with Crippen LogP contribution >= 0.6 is 10.7 Å². The molecule has 0 bridgehead atoms. The van der Waals surface area contributed by atoms with E-state index in [2.05, 4.69) is 5.10 Å². The zero-order chi connectivity index (χ0) is 14.5. The Morgan fingerprint density at radius 3 is 2.80 bits per heavy atom. The van der Waals surface area contributed by atoms with E-state index in [-0.39, 0.29) is 18.9 Å². The predicted molar refractivity (Wildman–Crippen MR) is 76.2 cm³/mol. The molecule has 0 spiro atoms. The van der Waals surface area contributed by atoms with Crippen molar-refractivity contribution in [1.29, 1.82) is 0 Å². The minimum atomic E-state index is -3.74. The van der Waals surface area contributed by atoms with Crippen LogP contribution in [-0.4, -0.2) is 35.9 Å². The third-order valence-electron chi connectivity index (χ3n) is 3.55. The first-order chi connectivity index (χ1) is 9.38. The van der Waals surface area contributed by atoms with E-state index in [1.54, 1.807) is 16.9 Å². The van der Waals surface area contributed by atoms with Crippen molar-refractivity contribution in [3.8, 4) is 0 Å². The van der Waals surface area contributed by atoms with Gasteiger partial charge in [0.25, 0.3) is 0 Å². The van der Waals surface area contributed by atoms with E-state index in [0.717, 1.165) is 10.9 Å². The number of amides is 1. The van der Waals surface area contributed by atoms with Gasteiger partial charge in [-0.2, -0.15) is 5.10 Å². The molecular formula is C12H12ClN3O3S. The second-order valence-electron chi connectivity index (χ2n) is 4.78. The van der Waals surface area contributed by atoms with E-state index in [4.69, 9.17) is 10.7 Å². The molecule has 1 aromatic heterocycles. The van der Waals surface area contributed by atoms with Crippen LogP contribution in [0.1, 0.15) is 6.42 Å². The van der Waals surface area contributed by atoms with E-state index in [1.807, 2.05) is 19.2 Å². The Morgan fingerprint density at radius 2 is 2.15 bits per heavy atom. The Kier molecular flexibility index (Phi) is 2.98. The molecule has 20 heavy (non-hydrogen) atoms. The van der Waals surface area contributed by atoms with E-state index in [0.29, 0.717) is 5.69 Å². The van der Waals surface area contributed by atoms with Crippen molar-refractivity contribution >= 4 is 42.2 Å². The lowest BCUT2D eigenvalue weighted by molar-refractivity contribution is -0.117. The first kappa shape index (κ1) is 13.4. The minimum absolute atomic E-state index is 0.0809. The van der Waals surface area contributed by atoms with Crippen LogP contribution in [0.15, 0.2) is 24.4 Å². The van der Waals surface area contributed by atoms with Gasteiger partial charge in [0.2, 0.25) is 15.0 Å². The number of anilines is 1. The number of fused-ring (bicyclic) bond motifs is 1. The number of aromatic nitrogens is 2. The molecular weight excluding hydrogens is 302 g/mol. The van der Waals surface area contributed by atoms with E-state index in [1.165, 1.54) is 4.90 Å². The summed E-state index contributed by atoms with van der Waals surface area (Å²) in [5.41, 5.74) is 1.55. The van der Waals surface area contributed by atoms with Gasteiger partial charge in [-0.1, -0.05) is 6.07 Å². The predicted octanol–water partition coefficient (Wildman–Crippen LogP) is 1.25. The van der Waals surface area contributed by atoms with Gasteiger partial charge in [-0.25, -0.2) is 8.42 Å². The zero-order valence-corrected chi connectivity index (χ0v) is 12.2. The molecule has 1 aliphatic heterocycles. The van der Waals surface area contributed by atoms with Gasteiger partial charge in [-0.3, -0.25) is 9.48 Å². The molecule has 1 saturated heterocycles. The molecule has 1 aliphatic rings. The van der Waals surface area contributed by atoms with Crippen LogP contribution in [0, 0.1) is 0 Å². The molecule has 106 valence electrons. The number of nitrogens with zero attached hydrogens (tertiary/aromatic N) is 3. The van der Waals surface area contributed by atoms with Gasteiger partial charge >= 0.3 is 0 Å². The van der Waals surface area contributed by atoms with Crippen LogP contribution in [-0.2, 0) is 20.9 Å². The quantitative estimate of drug-likeness (QED) is 0.782. The van der Waals surface area contributed by atoms with Crippen LogP contribution in [0.25, 0.3) is 10.9 Å². The van der Waals surface area contributed by atoms with Crippen LogP contribution in [0.5, 0.6) is 0 Å². The molecule has 1 amide bonds. The van der Waals surface area contributed by atoms with Gasteiger partial charge in [0, 0.05) is 36.1 Å². The van der Waals surface area contributed by atoms with E-state index < -0.39 is 14.3 Å². The molecule has 0 saturated carbocycles. The number of halogens is 1. The number of hydrogen-bond acceptors (Lipinski definition) is 4. The van der Waals surface area contributed by atoms with Crippen molar-refractivity contribution < 1.29 is 13.2 Å².